The summed E-state index contributed by atoms with van der Waals surface area (Å²) in [5, 5.41) is 33.8. The number of anilines is 1. The molecule has 0 spiro atoms. The number of benzene rings is 1. The van der Waals surface area contributed by atoms with Crippen molar-refractivity contribution in [2.75, 3.05) is 31.3 Å². The Morgan fingerprint density at radius 1 is 1.33 bits per heavy atom. The number of nitrogens with two attached hydrogens (primary N) is 1. The molecule has 0 amide bonds. The van der Waals surface area contributed by atoms with Gasteiger partial charge in [-0.2, -0.15) is 4.98 Å². The number of aliphatic hydroxyl groups is 3. The van der Waals surface area contributed by atoms with Crippen LogP contribution in [0.2, 0.25) is 0 Å². The van der Waals surface area contributed by atoms with Crippen molar-refractivity contribution in [3.63, 3.8) is 0 Å². The van der Waals surface area contributed by atoms with Crippen LogP contribution in [0.25, 0.3) is 0 Å². The molecule has 2 fully saturated rings. The summed E-state index contributed by atoms with van der Waals surface area (Å²) in [6.07, 6.45) is -1.28. The summed E-state index contributed by atoms with van der Waals surface area (Å²) < 4.78 is 31.5. The first kappa shape index (κ1) is 29.8. The Hall–Kier alpha value is -2.13. The molecule has 2 aromatic rings. The van der Waals surface area contributed by atoms with E-state index < -0.39 is 49.0 Å². The van der Waals surface area contributed by atoms with E-state index in [0.29, 0.717) is 0 Å². The minimum Gasteiger partial charge on any atom is -0.395 e. The summed E-state index contributed by atoms with van der Waals surface area (Å²) in [4.78, 5) is 28.3. The first-order valence-corrected chi connectivity index (χ1v) is 14.8. The maximum atomic E-state index is 13.6. The molecule has 0 radical (unpaired) electrons. The second-order valence-electron chi connectivity index (χ2n) is 10.1. The third kappa shape index (κ3) is 6.14. The average molecular weight is 585 g/mol. The van der Waals surface area contributed by atoms with Gasteiger partial charge in [0.2, 0.25) is 0 Å². The van der Waals surface area contributed by atoms with Gasteiger partial charge in [-0.05, 0) is 25.5 Å². The highest BCUT2D eigenvalue weighted by Crippen LogP contribution is 2.63. The third-order valence-electron chi connectivity index (χ3n) is 6.76. The molecule has 13 nitrogen and oxygen atoms in total. The smallest absolute Gasteiger partial charge is 0.395 e. The molecule has 2 heterocycles. The highest BCUT2D eigenvalue weighted by atomic mass is 32.2. The van der Waals surface area contributed by atoms with Crippen molar-refractivity contribution < 1.29 is 38.5 Å². The van der Waals surface area contributed by atoms with Gasteiger partial charge in [-0.1, -0.05) is 42.1 Å². The molecule has 5 unspecified atom stereocenters. The number of aromatic nitrogens is 2. The fraction of sp³-hybridized carbons (Fsp3) is 0.542. The Morgan fingerprint density at radius 3 is 2.72 bits per heavy atom. The molecule has 15 heteroatoms. The first-order chi connectivity index (χ1) is 18.4. The van der Waals surface area contributed by atoms with Gasteiger partial charge in [0.05, 0.1) is 25.2 Å². The summed E-state index contributed by atoms with van der Waals surface area (Å²) in [6.45, 7) is 2.50. The normalized spacial score (nSPS) is 27.6. The van der Waals surface area contributed by atoms with E-state index in [0.717, 1.165) is 21.9 Å². The molecule has 0 bridgehead atoms. The monoisotopic (exact) mass is 584 g/mol. The van der Waals surface area contributed by atoms with E-state index >= 15 is 0 Å². The zero-order chi connectivity index (χ0) is 28.5. The number of rotatable bonds is 13. The number of nitrogens with one attached hydrogen (secondary N) is 1. The highest BCUT2D eigenvalue weighted by molar-refractivity contribution is 8.13. The van der Waals surface area contributed by atoms with Gasteiger partial charge in [0.15, 0.2) is 10.9 Å². The third-order valence-corrected chi connectivity index (χ3v) is 9.50. The molecule has 214 valence electrons. The second-order valence-corrected chi connectivity index (χ2v) is 13.0. The number of ether oxygens (including phenoxy) is 1. The van der Waals surface area contributed by atoms with Crippen LogP contribution in [0.3, 0.4) is 0 Å². The summed E-state index contributed by atoms with van der Waals surface area (Å²) >= 11 is 0.939. The number of fused-ring (bicyclic) bond motifs is 1. The first-order valence-electron chi connectivity index (χ1n) is 12.3. The lowest BCUT2D eigenvalue weighted by atomic mass is 9.97. The SMILES string of the molecule is CC(C)(CO)C(=O)SCCOP(=O)(NCc1ccccc1)OCC1OC2(O)CC2(n2ccc(N)nc2=O)C1O. The van der Waals surface area contributed by atoms with E-state index in [-0.39, 0.29) is 42.9 Å². The van der Waals surface area contributed by atoms with Gasteiger partial charge in [0, 0.05) is 24.9 Å². The maximum Gasteiger partial charge on any atom is 0.405 e. The number of nitrogen functional groups attached to an aromatic ring is 1. The van der Waals surface area contributed by atoms with Crippen molar-refractivity contribution in [3.8, 4) is 0 Å². The Balaban J connectivity index is 1.42. The Morgan fingerprint density at radius 2 is 2.05 bits per heavy atom. The van der Waals surface area contributed by atoms with Crippen LogP contribution in [0.4, 0.5) is 5.82 Å². The van der Waals surface area contributed by atoms with Crippen molar-refractivity contribution in [3.05, 3.63) is 58.6 Å². The van der Waals surface area contributed by atoms with Crippen molar-refractivity contribution in [2.24, 2.45) is 5.41 Å². The van der Waals surface area contributed by atoms with Crippen LogP contribution >= 0.6 is 19.5 Å². The summed E-state index contributed by atoms with van der Waals surface area (Å²) in [6, 6.07) is 10.5. The molecule has 6 N–H and O–H groups in total. The number of carbonyl (C=O) groups is 1. The zero-order valence-corrected chi connectivity index (χ0v) is 23.3. The van der Waals surface area contributed by atoms with Crippen molar-refractivity contribution in [1.29, 1.82) is 0 Å². The molecule has 4 rings (SSSR count). The minimum atomic E-state index is -4.00. The molecule has 1 aromatic heterocycles. The molecule has 39 heavy (non-hydrogen) atoms. The molecule has 2 aliphatic rings. The van der Waals surface area contributed by atoms with Gasteiger partial charge in [-0.25, -0.2) is 14.4 Å². The van der Waals surface area contributed by atoms with Crippen molar-refractivity contribution in [2.45, 2.75) is 50.3 Å². The standard InChI is InChI=1S/C24H33N4O9PS/c1-22(2,15-29)20(31)39-11-10-35-38(34,26-12-16-6-4-3-5-7-16)36-13-17-19(30)23(14-24(23,33)37-17)28-9-8-18(25)27-21(28)32/h3-9,17,19,29-30,33H,10-15H2,1-2H3,(H,26,34)(H2,25,27,32). The highest BCUT2D eigenvalue weighted by Gasteiger charge is 2.81. The molecule has 5 atom stereocenters. The van der Waals surface area contributed by atoms with Gasteiger partial charge < -0.3 is 25.8 Å². The average Bonchev–Trinajstić information content (AvgIpc) is 3.46. The van der Waals surface area contributed by atoms with Gasteiger partial charge in [-0.15, -0.1) is 0 Å². The Labute approximate surface area is 229 Å². The molecule has 1 aliphatic carbocycles. The summed E-state index contributed by atoms with van der Waals surface area (Å²) in [5.74, 6) is -1.70. The molecule has 1 saturated heterocycles. The van der Waals surface area contributed by atoms with E-state index in [2.05, 4.69) is 10.1 Å². The van der Waals surface area contributed by atoms with Gasteiger partial charge in [-0.3, -0.25) is 18.4 Å². The second kappa shape index (κ2) is 11.4. The van der Waals surface area contributed by atoms with Crippen molar-refractivity contribution in [1.82, 2.24) is 14.6 Å². The predicted octanol–water partition coefficient (Wildman–Crippen LogP) is 0.582. The number of thioether (sulfide) groups is 1. The minimum absolute atomic E-state index is 0.00695. The fourth-order valence-electron chi connectivity index (χ4n) is 4.32. The lowest BCUT2D eigenvalue weighted by molar-refractivity contribution is -0.152. The van der Waals surface area contributed by atoms with Crippen LogP contribution < -0.4 is 16.5 Å². The molecular formula is C24H33N4O9PS. The quantitative estimate of drug-likeness (QED) is 0.162. The van der Waals surface area contributed by atoms with Gasteiger partial charge >= 0.3 is 13.4 Å². The predicted molar refractivity (Wildman–Crippen MR) is 142 cm³/mol. The summed E-state index contributed by atoms with van der Waals surface area (Å²) in [5.41, 5.74) is 3.19. The fourth-order valence-corrected chi connectivity index (χ4v) is 6.56. The summed E-state index contributed by atoms with van der Waals surface area (Å²) in [7, 11) is -4.00. The lowest BCUT2D eigenvalue weighted by Crippen LogP contribution is -2.45. The number of aliphatic hydroxyl groups excluding tert-OH is 2. The van der Waals surface area contributed by atoms with Crippen LogP contribution in [0, 0.1) is 5.41 Å². The molecular weight excluding hydrogens is 551 g/mol. The number of nitrogens with zero attached hydrogens (tertiary/aromatic N) is 2. The van der Waals surface area contributed by atoms with E-state index in [1.54, 1.807) is 13.8 Å². The largest absolute Gasteiger partial charge is 0.405 e. The Kier molecular flexibility index (Phi) is 8.72. The van der Waals surface area contributed by atoms with Gasteiger partial charge in [0.25, 0.3) is 0 Å². The van der Waals surface area contributed by atoms with E-state index in [1.807, 2.05) is 30.3 Å². The van der Waals surface area contributed by atoms with Crippen LogP contribution in [-0.2, 0) is 35.2 Å². The van der Waals surface area contributed by atoms with Crippen molar-refractivity contribution >= 4 is 30.4 Å². The van der Waals surface area contributed by atoms with Crippen LogP contribution in [0.5, 0.6) is 0 Å². The number of carbonyl (C=O) groups excluding carboxylic acids is 1. The topological polar surface area (TPSA) is 195 Å². The zero-order valence-electron chi connectivity index (χ0n) is 21.6. The van der Waals surface area contributed by atoms with E-state index in [4.69, 9.17) is 19.5 Å². The Bertz CT molecular complexity index is 1300. The van der Waals surface area contributed by atoms with Crippen LogP contribution in [-0.4, -0.2) is 73.6 Å². The number of hydrogen-bond acceptors (Lipinski definition) is 12. The molecule has 1 aliphatic heterocycles. The van der Waals surface area contributed by atoms with Gasteiger partial charge in [0.1, 0.15) is 23.6 Å². The van der Waals surface area contributed by atoms with Crippen LogP contribution in [0.15, 0.2) is 47.4 Å². The van der Waals surface area contributed by atoms with E-state index in [9.17, 15) is 29.5 Å². The number of hydrogen-bond donors (Lipinski definition) is 5. The maximum absolute atomic E-state index is 13.6. The lowest BCUT2D eigenvalue weighted by Gasteiger charge is -2.25. The van der Waals surface area contributed by atoms with E-state index in [1.165, 1.54) is 12.3 Å². The van der Waals surface area contributed by atoms with Crippen LogP contribution in [0.1, 0.15) is 25.8 Å². The molecule has 1 aromatic carbocycles. The molecule has 1 saturated carbocycles.